The minimum atomic E-state index is -0.350. The second kappa shape index (κ2) is 8.98. The molecule has 0 aliphatic carbocycles. The van der Waals surface area contributed by atoms with Crippen molar-refractivity contribution in [1.29, 1.82) is 0 Å². The molecule has 0 amide bonds. The van der Waals surface area contributed by atoms with Crippen molar-refractivity contribution in [3.8, 4) is 5.75 Å². The number of hydrogen-bond donors (Lipinski definition) is 1. The van der Waals surface area contributed by atoms with Crippen LogP contribution in [0.2, 0.25) is 0 Å². The van der Waals surface area contributed by atoms with Crippen LogP contribution in [0.5, 0.6) is 5.75 Å². The molecule has 2 aromatic carbocycles. The molecule has 0 bridgehead atoms. The van der Waals surface area contributed by atoms with E-state index < -0.39 is 0 Å². The van der Waals surface area contributed by atoms with E-state index in [1.165, 1.54) is 6.07 Å². The van der Waals surface area contributed by atoms with Crippen molar-refractivity contribution in [2.45, 2.75) is 19.2 Å². The Bertz CT molecular complexity index is 1050. The number of imidazole rings is 1. The molecule has 2 aromatic heterocycles. The summed E-state index contributed by atoms with van der Waals surface area (Å²) in [6, 6.07) is 14.3. The van der Waals surface area contributed by atoms with Gasteiger partial charge in [-0.2, -0.15) is 0 Å². The van der Waals surface area contributed by atoms with Crippen molar-refractivity contribution >= 4 is 11.3 Å². The number of hydrogen-bond acceptors (Lipinski definition) is 5. The second-order valence-corrected chi connectivity index (χ2v) is 7.36. The standard InChI is InChI=1S/C22H21FN4OS/c1-27-11-10-24-22(27)21(19-4-2-3-5-20(19)23)25-12-16-6-8-18(9-7-16)28-13-17-14-29-15-26-17/h2-11,14-15,21,25H,12-13H2,1H3. The Morgan fingerprint density at radius 3 is 2.66 bits per heavy atom. The number of halogens is 1. The van der Waals surface area contributed by atoms with Crippen molar-refractivity contribution < 1.29 is 9.13 Å². The molecule has 4 aromatic rings. The molecule has 7 heteroatoms. The number of aromatic nitrogens is 3. The van der Waals surface area contributed by atoms with E-state index in [4.69, 9.17) is 4.74 Å². The smallest absolute Gasteiger partial charge is 0.131 e. The van der Waals surface area contributed by atoms with Gasteiger partial charge in [0.25, 0.3) is 0 Å². The lowest BCUT2D eigenvalue weighted by Gasteiger charge is -2.20. The summed E-state index contributed by atoms with van der Waals surface area (Å²) in [5.41, 5.74) is 4.36. The maximum absolute atomic E-state index is 14.4. The van der Waals surface area contributed by atoms with E-state index in [0.717, 1.165) is 22.8 Å². The van der Waals surface area contributed by atoms with Gasteiger partial charge in [0.15, 0.2) is 0 Å². The lowest BCUT2D eigenvalue weighted by molar-refractivity contribution is 0.302. The van der Waals surface area contributed by atoms with E-state index in [2.05, 4.69) is 15.3 Å². The highest BCUT2D eigenvalue weighted by molar-refractivity contribution is 7.07. The zero-order chi connectivity index (χ0) is 20.1. The highest BCUT2D eigenvalue weighted by atomic mass is 32.1. The molecule has 1 N–H and O–H groups in total. The molecule has 0 aliphatic rings. The summed E-state index contributed by atoms with van der Waals surface area (Å²) in [6.45, 7) is 1.02. The van der Waals surface area contributed by atoms with Crippen LogP contribution in [-0.4, -0.2) is 14.5 Å². The zero-order valence-electron chi connectivity index (χ0n) is 16.0. The molecule has 148 valence electrons. The highest BCUT2D eigenvalue weighted by Crippen LogP contribution is 2.24. The molecular formula is C22H21FN4OS. The summed E-state index contributed by atoms with van der Waals surface area (Å²) >= 11 is 1.55. The van der Waals surface area contributed by atoms with E-state index >= 15 is 0 Å². The summed E-state index contributed by atoms with van der Waals surface area (Å²) in [7, 11) is 1.91. The van der Waals surface area contributed by atoms with Crippen LogP contribution in [0.15, 0.2) is 71.8 Å². The van der Waals surface area contributed by atoms with Gasteiger partial charge in [-0.1, -0.05) is 30.3 Å². The molecule has 0 radical (unpaired) electrons. The third-order valence-corrected chi connectivity index (χ3v) is 5.27. The largest absolute Gasteiger partial charge is 0.487 e. The van der Waals surface area contributed by atoms with Crippen LogP contribution in [-0.2, 0) is 20.2 Å². The predicted octanol–water partition coefficient (Wildman–Crippen LogP) is 4.47. The normalized spacial score (nSPS) is 12.1. The summed E-state index contributed by atoms with van der Waals surface area (Å²) < 4.78 is 22.1. The molecule has 4 rings (SSSR count). The van der Waals surface area contributed by atoms with E-state index in [1.807, 2.05) is 53.5 Å². The van der Waals surface area contributed by atoms with Crippen molar-refractivity contribution in [1.82, 2.24) is 19.9 Å². The minimum absolute atomic E-state index is 0.251. The number of nitrogens with one attached hydrogen (secondary N) is 1. The van der Waals surface area contributed by atoms with Gasteiger partial charge >= 0.3 is 0 Å². The summed E-state index contributed by atoms with van der Waals surface area (Å²) in [6.07, 6.45) is 3.58. The van der Waals surface area contributed by atoms with Crippen LogP contribution in [0, 0.1) is 5.82 Å². The zero-order valence-corrected chi connectivity index (χ0v) is 16.8. The fourth-order valence-corrected chi connectivity index (χ4v) is 3.64. The first-order chi connectivity index (χ1) is 14.2. The van der Waals surface area contributed by atoms with E-state index in [1.54, 1.807) is 35.2 Å². The fraction of sp³-hybridized carbons (Fsp3) is 0.182. The van der Waals surface area contributed by atoms with Gasteiger partial charge in [-0.25, -0.2) is 14.4 Å². The number of ether oxygens (including phenoxy) is 1. The molecule has 5 nitrogen and oxygen atoms in total. The van der Waals surface area contributed by atoms with Gasteiger partial charge < -0.3 is 9.30 Å². The van der Waals surface area contributed by atoms with Crippen LogP contribution in [0.1, 0.15) is 28.7 Å². The second-order valence-electron chi connectivity index (χ2n) is 6.64. The highest BCUT2D eigenvalue weighted by Gasteiger charge is 2.20. The number of aryl methyl sites for hydroxylation is 1. The first kappa shape index (κ1) is 19.3. The summed E-state index contributed by atoms with van der Waals surface area (Å²) in [5.74, 6) is 1.30. The van der Waals surface area contributed by atoms with Gasteiger partial charge in [-0.05, 0) is 23.8 Å². The molecule has 0 saturated heterocycles. The molecule has 1 atom stereocenters. The number of benzene rings is 2. The van der Waals surface area contributed by atoms with Crippen molar-refractivity contribution in [2.24, 2.45) is 7.05 Å². The molecule has 1 unspecified atom stereocenters. The monoisotopic (exact) mass is 408 g/mol. The first-order valence-electron chi connectivity index (χ1n) is 9.24. The van der Waals surface area contributed by atoms with Crippen LogP contribution in [0.4, 0.5) is 4.39 Å². The molecule has 2 heterocycles. The van der Waals surface area contributed by atoms with E-state index in [9.17, 15) is 4.39 Å². The van der Waals surface area contributed by atoms with Crippen LogP contribution in [0.3, 0.4) is 0 Å². The Labute approximate surface area is 172 Å². The topological polar surface area (TPSA) is 52.0 Å². The van der Waals surface area contributed by atoms with Crippen molar-refractivity contribution in [2.75, 3.05) is 0 Å². The maximum Gasteiger partial charge on any atom is 0.131 e. The third kappa shape index (κ3) is 4.70. The van der Waals surface area contributed by atoms with E-state index in [-0.39, 0.29) is 11.9 Å². The van der Waals surface area contributed by atoms with Crippen LogP contribution < -0.4 is 10.1 Å². The number of thiazole rings is 1. The Morgan fingerprint density at radius 1 is 1.14 bits per heavy atom. The quantitative estimate of drug-likeness (QED) is 0.467. The molecule has 0 fully saturated rings. The van der Waals surface area contributed by atoms with Gasteiger partial charge in [0.05, 0.1) is 17.2 Å². The number of rotatable bonds is 8. The van der Waals surface area contributed by atoms with Crippen molar-refractivity contribution in [3.05, 3.63) is 100 Å². The van der Waals surface area contributed by atoms with Gasteiger partial charge in [0, 0.05) is 36.9 Å². The minimum Gasteiger partial charge on any atom is -0.487 e. The Kier molecular flexibility index (Phi) is 5.97. The molecule has 29 heavy (non-hydrogen) atoms. The predicted molar refractivity (Wildman–Crippen MR) is 111 cm³/mol. The molecular weight excluding hydrogens is 387 g/mol. The lowest BCUT2D eigenvalue weighted by atomic mass is 10.0. The fourth-order valence-electron chi connectivity index (χ4n) is 3.09. The van der Waals surface area contributed by atoms with Crippen LogP contribution in [0.25, 0.3) is 0 Å². The Balaban J connectivity index is 1.45. The first-order valence-corrected chi connectivity index (χ1v) is 10.2. The maximum atomic E-state index is 14.4. The average Bonchev–Trinajstić information content (AvgIpc) is 3.41. The summed E-state index contributed by atoms with van der Waals surface area (Å²) in [4.78, 5) is 8.63. The molecule has 0 saturated carbocycles. The van der Waals surface area contributed by atoms with Gasteiger partial charge in [-0.15, -0.1) is 11.3 Å². The Hall–Kier alpha value is -3.03. The SMILES string of the molecule is Cn1ccnc1C(NCc1ccc(OCc2cscn2)cc1)c1ccccc1F. The van der Waals surface area contributed by atoms with Crippen LogP contribution >= 0.6 is 11.3 Å². The van der Waals surface area contributed by atoms with Gasteiger partial charge in [-0.3, -0.25) is 5.32 Å². The Morgan fingerprint density at radius 2 is 1.97 bits per heavy atom. The van der Waals surface area contributed by atoms with E-state index in [0.29, 0.717) is 18.7 Å². The third-order valence-electron chi connectivity index (χ3n) is 4.64. The summed E-state index contributed by atoms with van der Waals surface area (Å²) in [5, 5.41) is 5.41. The molecule has 0 spiro atoms. The average molecular weight is 409 g/mol. The molecule has 0 aliphatic heterocycles. The van der Waals surface area contributed by atoms with Gasteiger partial charge in [0.2, 0.25) is 0 Å². The van der Waals surface area contributed by atoms with Gasteiger partial charge in [0.1, 0.15) is 24.0 Å². The number of nitrogens with zero attached hydrogens (tertiary/aromatic N) is 3. The lowest BCUT2D eigenvalue weighted by Crippen LogP contribution is -2.25. The van der Waals surface area contributed by atoms with Crippen molar-refractivity contribution in [3.63, 3.8) is 0 Å².